The van der Waals surface area contributed by atoms with Gasteiger partial charge in [0.05, 0.1) is 23.4 Å². The van der Waals surface area contributed by atoms with Crippen molar-refractivity contribution in [2.24, 2.45) is 5.92 Å². The third kappa shape index (κ3) is 3.15. The Hall–Kier alpha value is -1.95. The fraction of sp³-hybridized carbons (Fsp3) is 0.611. The Bertz CT molecular complexity index is 745. The number of carbonyl (C=O) groups excluding carboxylic acids is 1. The molecule has 3 heterocycles. The molecule has 1 unspecified atom stereocenters. The highest BCUT2D eigenvalue weighted by atomic mass is 16.3. The zero-order valence-electron chi connectivity index (χ0n) is 14.9. The Morgan fingerprint density at radius 3 is 2.83 bits per heavy atom. The minimum absolute atomic E-state index is 0.0642. The van der Waals surface area contributed by atoms with Crippen LogP contribution in [-0.4, -0.2) is 48.9 Å². The Morgan fingerprint density at radius 2 is 2.17 bits per heavy atom. The van der Waals surface area contributed by atoms with Crippen molar-refractivity contribution in [2.45, 2.75) is 58.7 Å². The summed E-state index contributed by atoms with van der Waals surface area (Å²) < 4.78 is 1.88. The normalized spacial score (nSPS) is 18.8. The number of rotatable bonds is 4. The fourth-order valence-corrected chi connectivity index (χ4v) is 3.48. The van der Waals surface area contributed by atoms with E-state index in [0.29, 0.717) is 18.0 Å². The molecular formula is C18H26N4O2. The summed E-state index contributed by atoms with van der Waals surface area (Å²) in [4.78, 5) is 19.1. The highest BCUT2D eigenvalue weighted by Crippen LogP contribution is 2.28. The summed E-state index contributed by atoms with van der Waals surface area (Å²) in [6, 6.07) is 1.71. The predicted octanol–water partition coefficient (Wildman–Crippen LogP) is 2.46. The molecule has 1 amide bonds. The molecule has 1 saturated heterocycles. The van der Waals surface area contributed by atoms with Crippen molar-refractivity contribution in [3.8, 4) is 0 Å². The smallest absolute Gasteiger partial charge is 0.255 e. The van der Waals surface area contributed by atoms with Crippen molar-refractivity contribution in [1.29, 1.82) is 0 Å². The topological polar surface area (TPSA) is 71.2 Å². The molecule has 1 fully saturated rings. The van der Waals surface area contributed by atoms with Crippen molar-refractivity contribution in [2.75, 3.05) is 6.54 Å². The predicted molar refractivity (Wildman–Crippen MR) is 92.7 cm³/mol. The van der Waals surface area contributed by atoms with E-state index in [0.717, 1.165) is 30.4 Å². The summed E-state index contributed by atoms with van der Waals surface area (Å²) in [5.74, 6) is 0.416. The first-order chi connectivity index (χ1) is 11.3. The van der Waals surface area contributed by atoms with E-state index in [4.69, 9.17) is 0 Å². The number of carbonyl (C=O) groups is 1. The largest absolute Gasteiger partial charge is 0.388 e. The molecule has 130 valence electrons. The molecule has 1 aliphatic heterocycles. The molecule has 3 rings (SSSR count). The lowest BCUT2D eigenvalue weighted by Gasteiger charge is -2.33. The molecule has 0 aliphatic carbocycles. The minimum atomic E-state index is -0.897. The monoisotopic (exact) mass is 330 g/mol. The molecule has 1 aliphatic rings. The highest BCUT2D eigenvalue weighted by molar-refractivity contribution is 5.97. The zero-order valence-corrected chi connectivity index (χ0v) is 14.9. The van der Waals surface area contributed by atoms with Crippen LogP contribution in [0.25, 0.3) is 11.0 Å². The van der Waals surface area contributed by atoms with Crippen LogP contribution in [0.4, 0.5) is 0 Å². The van der Waals surface area contributed by atoms with Gasteiger partial charge in [-0.15, -0.1) is 0 Å². The fourth-order valence-electron chi connectivity index (χ4n) is 3.48. The molecule has 24 heavy (non-hydrogen) atoms. The number of nitrogens with zero attached hydrogens (tertiary/aromatic N) is 4. The lowest BCUT2D eigenvalue weighted by atomic mass is 9.96. The van der Waals surface area contributed by atoms with E-state index < -0.39 is 5.60 Å². The summed E-state index contributed by atoms with van der Waals surface area (Å²) in [5.41, 5.74) is 0.467. The number of fused-ring (bicyclic) bond motifs is 1. The van der Waals surface area contributed by atoms with Crippen LogP contribution in [0, 0.1) is 5.92 Å². The Morgan fingerprint density at radius 1 is 1.42 bits per heavy atom. The quantitative estimate of drug-likeness (QED) is 0.935. The summed E-state index contributed by atoms with van der Waals surface area (Å²) in [5, 5.41) is 15.6. The standard InChI is InChI=1S/C18H26N4O2/c1-12(2)11-22-16-13(10-20-22)8-14(9-19-16)17(23)21-7-5-6-15(21)18(3,4)24/h8-10,12,15,24H,5-7,11H2,1-4H3. The van der Waals surface area contributed by atoms with Crippen LogP contribution in [0.1, 0.15) is 50.9 Å². The molecule has 1 N–H and O–H groups in total. The van der Waals surface area contributed by atoms with Gasteiger partial charge in [0.1, 0.15) is 0 Å². The second-order valence-corrected chi connectivity index (χ2v) is 7.67. The molecule has 0 spiro atoms. The van der Waals surface area contributed by atoms with Crippen molar-refractivity contribution in [3.63, 3.8) is 0 Å². The van der Waals surface area contributed by atoms with Crippen molar-refractivity contribution >= 4 is 16.9 Å². The third-order valence-corrected chi connectivity index (χ3v) is 4.59. The molecular weight excluding hydrogens is 304 g/mol. The number of hydrogen-bond acceptors (Lipinski definition) is 4. The maximum atomic E-state index is 12.9. The van der Waals surface area contributed by atoms with Crippen LogP contribution in [0.3, 0.4) is 0 Å². The lowest BCUT2D eigenvalue weighted by molar-refractivity contribution is 0.000327. The maximum absolute atomic E-state index is 12.9. The highest BCUT2D eigenvalue weighted by Gasteiger charge is 2.38. The molecule has 0 aromatic carbocycles. The van der Waals surface area contributed by atoms with Crippen LogP contribution in [0.15, 0.2) is 18.5 Å². The third-order valence-electron chi connectivity index (χ3n) is 4.59. The molecule has 2 aromatic rings. The SMILES string of the molecule is CC(C)Cn1ncc2cc(C(=O)N3CCCC3C(C)(C)O)cnc21. The van der Waals surface area contributed by atoms with Crippen molar-refractivity contribution < 1.29 is 9.90 Å². The van der Waals surface area contributed by atoms with E-state index in [9.17, 15) is 9.90 Å². The van der Waals surface area contributed by atoms with Crippen LogP contribution >= 0.6 is 0 Å². The van der Waals surface area contributed by atoms with Crippen LogP contribution < -0.4 is 0 Å². The number of hydrogen-bond donors (Lipinski definition) is 1. The average Bonchev–Trinajstić information content (AvgIpc) is 3.12. The molecule has 6 nitrogen and oxygen atoms in total. The van der Waals surface area contributed by atoms with E-state index >= 15 is 0 Å². The van der Waals surface area contributed by atoms with Gasteiger partial charge in [0.25, 0.3) is 5.91 Å². The van der Waals surface area contributed by atoms with E-state index in [1.807, 2.05) is 10.7 Å². The van der Waals surface area contributed by atoms with Gasteiger partial charge in [-0.1, -0.05) is 13.8 Å². The van der Waals surface area contributed by atoms with E-state index in [-0.39, 0.29) is 11.9 Å². The number of amides is 1. The second-order valence-electron chi connectivity index (χ2n) is 7.67. The Labute approximate surface area is 142 Å². The number of aliphatic hydroxyl groups is 1. The molecule has 2 aromatic heterocycles. The summed E-state index contributed by atoms with van der Waals surface area (Å²) in [6.45, 7) is 9.28. The summed E-state index contributed by atoms with van der Waals surface area (Å²) >= 11 is 0. The lowest BCUT2D eigenvalue weighted by Crippen LogP contribution is -2.48. The molecule has 0 bridgehead atoms. The van der Waals surface area contributed by atoms with E-state index in [1.165, 1.54) is 0 Å². The first kappa shape index (κ1) is 16.9. The van der Waals surface area contributed by atoms with Gasteiger partial charge in [0, 0.05) is 24.7 Å². The second kappa shape index (κ2) is 6.16. The first-order valence-electron chi connectivity index (χ1n) is 8.62. The van der Waals surface area contributed by atoms with Crippen LogP contribution in [0.2, 0.25) is 0 Å². The minimum Gasteiger partial charge on any atom is -0.388 e. The van der Waals surface area contributed by atoms with E-state index in [2.05, 4.69) is 23.9 Å². The van der Waals surface area contributed by atoms with Gasteiger partial charge in [0.2, 0.25) is 0 Å². The molecule has 0 radical (unpaired) electrons. The van der Waals surface area contributed by atoms with Gasteiger partial charge in [0.15, 0.2) is 5.65 Å². The first-order valence-corrected chi connectivity index (χ1v) is 8.62. The maximum Gasteiger partial charge on any atom is 0.255 e. The van der Waals surface area contributed by atoms with Gasteiger partial charge in [-0.2, -0.15) is 5.10 Å². The van der Waals surface area contributed by atoms with Crippen LogP contribution in [-0.2, 0) is 6.54 Å². The number of likely N-dealkylation sites (tertiary alicyclic amines) is 1. The van der Waals surface area contributed by atoms with Gasteiger partial charge in [-0.25, -0.2) is 9.67 Å². The van der Waals surface area contributed by atoms with Crippen LogP contribution in [0.5, 0.6) is 0 Å². The van der Waals surface area contributed by atoms with Gasteiger partial charge in [-0.3, -0.25) is 4.79 Å². The van der Waals surface area contributed by atoms with Crippen molar-refractivity contribution in [1.82, 2.24) is 19.7 Å². The zero-order chi connectivity index (χ0) is 17.5. The van der Waals surface area contributed by atoms with Gasteiger partial charge >= 0.3 is 0 Å². The molecule has 0 saturated carbocycles. The van der Waals surface area contributed by atoms with E-state index in [1.54, 1.807) is 31.1 Å². The Balaban J connectivity index is 1.88. The van der Waals surface area contributed by atoms with Crippen molar-refractivity contribution in [3.05, 3.63) is 24.0 Å². The average molecular weight is 330 g/mol. The molecule has 1 atom stereocenters. The number of pyridine rings is 1. The molecule has 6 heteroatoms. The number of aromatic nitrogens is 3. The van der Waals surface area contributed by atoms with Gasteiger partial charge in [-0.05, 0) is 38.7 Å². The summed E-state index contributed by atoms with van der Waals surface area (Å²) in [7, 11) is 0. The van der Waals surface area contributed by atoms with Gasteiger partial charge < -0.3 is 10.0 Å². The summed E-state index contributed by atoms with van der Waals surface area (Å²) in [6.07, 6.45) is 5.14. The Kier molecular flexibility index (Phi) is 4.34.